The first-order valence-electron chi connectivity index (χ1n) is 4.46. The molecule has 0 spiro atoms. The molecule has 0 aromatic carbocycles. The van der Waals surface area contributed by atoms with E-state index in [0.717, 1.165) is 19.0 Å². The van der Waals surface area contributed by atoms with E-state index in [-0.39, 0.29) is 5.82 Å². The molecule has 1 heterocycles. The molecule has 3 N–H and O–H groups in total. The maximum absolute atomic E-state index is 12.6. The van der Waals surface area contributed by atoms with Gasteiger partial charge in [-0.05, 0) is 25.0 Å². The van der Waals surface area contributed by atoms with Crippen molar-refractivity contribution in [3.8, 4) is 0 Å². The third kappa shape index (κ3) is 2.05. The Bertz CT molecular complexity index is 342. The average Bonchev–Trinajstić information content (AvgIpc) is 3.00. The standard InChI is InChI=1S/C9H11FN4/c10-6-1-4-8(12-5-6)9(14-11)13-7-2-3-7/h1,4-5,7H,2-3,11H2,(H,13,14). The highest BCUT2D eigenvalue weighted by Crippen LogP contribution is 2.23. The molecule has 1 aromatic rings. The Morgan fingerprint density at radius 2 is 2.36 bits per heavy atom. The summed E-state index contributed by atoms with van der Waals surface area (Å²) < 4.78 is 12.6. The second kappa shape index (κ2) is 3.71. The molecule has 1 fully saturated rings. The summed E-state index contributed by atoms with van der Waals surface area (Å²) in [6.07, 6.45) is 3.33. The number of hydrazine groups is 1. The molecule has 5 heteroatoms. The van der Waals surface area contributed by atoms with E-state index in [0.29, 0.717) is 17.6 Å². The number of hydrogen-bond donors (Lipinski definition) is 2. The SMILES string of the molecule is NNC(=NC1CC1)c1ccc(F)cn1. The van der Waals surface area contributed by atoms with Crippen molar-refractivity contribution in [2.24, 2.45) is 10.8 Å². The van der Waals surface area contributed by atoms with Crippen LogP contribution in [0.25, 0.3) is 0 Å². The molecule has 0 amide bonds. The van der Waals surface area contributed by atoms with E-state index in [9.17, 15) is 4.39 Å². The lowest BCUT2D eigenvalue weighted by Crippen LogP contribution is -2.32. The van der Waals surface area contributed by atoms with Crippen LogP contribution in [0, 0.1) is 5.82 Å². The highest BCUT2D eigenvalue weighted by molar-refractivity contribution is 5.96. The van der Waals surface area contributed by atoms with E-state index in [4.69, 9.17) is 5.84 Å². The largest absolute Gasteiger partial charge is 0.307 e. The number of rotatable bonds is 2. The molecule has 14 heavy (non-hydrogen) atoms. The fourth-order valence-electron chi connectivity index (χ4n) is 1.08. The van der Waals surface area contributed by atoms with Gasteiger partial charge in [0.05, 0.1) is 12.2 Å². The molecule has 4 nitrogen and oxygen atoms in total. The highest BCUT2D eigenvalue weighted by Gasteiger charge is 2.21. The van der Waals surface area contributed by atoms with Crippen LogP contribution in [0.15, 0.2) is 23.3 Å². The second-order valence-corrected chi connectivity index (χ2v) is 3.21. The summed E-state index contributed by atoms with van der Waals surface area (Å²) in [5.74, 6) is 5.46. The van der Waals surface area contributed by atoms with Gasteiger partial charge in [0.2, 0.25) is 0 Å². The van der Waals surface area contributed by atoms with Crippen LogP contribution in [0.1, 0.15) is 18.5 Å². The molecule has 1 aromatic heterocycles. The second-order valence-electron chi connectivity index (χ2n) is 3.21. The molecule has 0 bridgehead atoms. The zero-order valence-corrected chi connectivity index (χ0v) is 7.57. The third-order valence-corrected chi connectivity index (χ3v) is 1.97. The number of amidine groups is 1. The smallest absolute Gasteiger partial charge is 0.161 e. The van der Waals surface area contributed by atoms with E-state index in [2.05, 4.69) is 15.4 Å². The predicted octanol–water partition coefficient (Wildman–Crippen LogP) is 0.593. The molecule has 0 atom stereocenters. The minimum absolute atomic E-state index is 0.355. The number of nitrogens with zero attached hydrogens (tertiary/aromatic N) is 2. The lowest BCUT2D eigenvalue weighted by atomic mass is 10.3. The monoisotopic (exact) mass is 194 g/mol. The molecule has 2 rings (SSSR count). The Morgan fingerprint density at radius 3 is 2.86 bits per heavy atom. The minimum atomic E-state index is -0.364. The number of halogens is 1. The van der Waals surface area contributed by atoms with Crippen LogP contribution in [0.2, 0.25) is 0 Å². The van der Waals surface area contributed by atoms with E-state index in [1.807, 2.05) is 0 Å². The van der Waals surface area contributed by atoms with E-state index >= 15 is 0 Å². The molecule has 1 aliphatic carbocycles. The maximum Gasteiger partial charge on any atom is 0.161 e. The van der Waals surface area contributed by atoms with Gasteiger partial charge in [-0.3, -0.25) is 4.99 Å². The van der Waals surface area contributed by atoms with Gasteiger partial charge in [-0.1, -0.05) is 0 Å². The molecule has 0 unspecified atom stereocenters. The highest BCUT2D eigenvalue weighted by atomic mass is 19.1. The van der Waals surface area contributed by atoms with Crippen molar-refractivity contribution in [1.29, 1.82) is 0 Å². The van der Waals surface area contributed by atoms with E-state index < -0.39 is 0 Å². The Morgan fingerprint density at radius 1 is 1.57 bits per heavy atom. The van der Waals surface area contributed by atoms with Crippen molar-refractivity contribution < 1.29 is 4.39 Å². The number of aliphatic imine (C=N–C) groups is 1. The summed E-state index contributed by atoms with van der Waals surface area (Å²) in [4.78, 5) is 8.18. The molecular weight excluding hydrogens is 183 g/mol. The van der Waals surface area contributed by atoms with Gasteiger partial charge in [0, 0.05) is 0 Å². The van der Waals surface area contributed by atoms with Crippen LogP contribution >= 0.6 is 0 Å². The first-order chi connectivity index (χ1) is 6.79. The number of aromatic nitrogens is 1. The first-order valence-corrected chi connectivity index (χ1v) is 4.46. The number of nitrogens with one attached hydrogen (secondary N) is 1. The fraction of sp³-hybridized carbons (Fsp3) is 0.333. The van der Waals surface area contributed by atoms with Crippen molar-refractivity contribution in [3.05, 3.63) is 29.8 Å². The lowest BCUT2D eigenvalue weighted by Gasteiger charge is -2.03. The third-order valence-electron chi connectivity index (χ3n) is 1.97. The Hall–Kier alpha value is -1.49. The molecule has 0 radical (unpaired) electrons. The van der Waals surface area contributed by atoms with E-state index in [1.165, 1.54) is 6.07 Å². The Kier molecular flexibility index (Phi) is 2.41. The summed E-state index contributed by atoms with van der Waals surface area (Å²) in [6, 6.07) is 3.24. The summed E-state index contributed by atoms with van der Waals surface area (Å²) in [7, 11) is 0. The van der Waals surface area contributed by atoms with Crippen LogP contribution in [0.4, 0.5) is 4.39 Å². The molecular formula is C9H11FN4. The summed E-state index contributed by atoms with van der Waals surface area (Å²) in [6.45, 7) is 0. The topological polar surface area (TPSA) is 63.3 Å². The summed E-state index contributed by atoms with van der Waals surface area (Å²) in [5, 5.41) is 0. The molecule has 0 saturated heterocycles. The van der Waals surface area contributed by atoms with Gasteiger partial charge in [0.15, 0.2) is 5.84 Å². The van der Waals surface area contributed by atoms with Crippen molar-refractivity contribution in [2.75, 3.05) is 0 Å². The molecule has 0 aliphatic heterocycles. The zero-order valence-electron chi connectivity index (χ0n) is 7.57. The van der Waals surface area contributed by atoms with Gasteiger partial charge in [-0.2, -0.15) is 0 Å². The van der Waals surface area contributed by atoms with Gasteiger partial charge in [-0.25, -0.2) is 15.2 Å². The van der Waals surface area contributed by atoms with Gasteiger partial charge in [0.1, 0.15) is 11.5 Å². The quantitative estimate of drug-likeness (QED) is 0.313. The first kappa shape index (κ1) is 9.08. The van der Waals surface area contributed by atoms with Crippen LogP contribution in [0.3, 0.4) is 0 Å². The predicted molar refractivity (Wildman–Crippen MR) is 51.1 cm³/mol. The van der Waals surface area contributed by atoms with Gasteiger partial charge in [0.25, 0.3) is 0 Å². The van der Waals surface area contributed by atoms with Crippen LogP contribution in [-0.2, 0) is 0 Å². The summed E-state index contributed by atoms with van der Waals surface area (Å²) in [5.41, 5.74) is 3.04. The molecule has 74 valence electrons. The minimum Gasteiger partial charge on any atom is -0.307 e. The van der Waals surface area contributed by atoms with Gasteiger partial charge >= 0.3 is 0 Å². The number of hydrogen-bond acceptors (Lipinski definition) is 3. The van der Waals surface area contributed by atoms with Gasteiger partial charge in [-0.15, -0.1) is 0 Å². The molecule has 1 aliphatic rings. The number of nitrogens with two attached hydrogens (primary N) is 1. The van der Waals surface area contributed by atoms with Crippen LogP contribution in [0.5, 0.6) is 0 Å². The van der Waals surface area contributed by atoms with Crippen LogP contribution < -0.4 is 11.3 Å². The van der Waals surface area contributed by atoms with Gasteiger partial charge < -0.3 is 5.43 Å². The van der Waals surface area contributed by atoms with Crippen molar-refractivity contribution in [3.63, 3.8) is 0 Å². The zero-order chi connectivity index (χ0) is 9.97. The molecule has 1 saturated carbocycles. The number of pyridine rings is 1. The van der Waals surface area contributed by atoms with Crippen molar-refractivity contribution >= 4 is 5.84 Å². The fourth-order valence-corrected chi connectivity index (χ4v) is 1.08. The average molecular weight is 194 g/mol. The van der Waals surface area contributed by atoms with E-state index in [1.54, 1.807) is 6.07 Å². The van der Waals surface area contributed by atoms with Crippen molar-refractivity contribution in [2.45, 2.75) is 18.9 Å². The summed E-state index contributed by atoms with van der Waals surface area (Å²) >= 11 is 0. The Balaban J connectivity index is 2.22. The normalized spacial score (nSPS) is 16.9. The maximum atomic E-state index is 12.6. The lowest BCUT2D eigenvalue weighted by molar-refractivity contribution is 0.621. The Labute approximate surface area is 81.0 Å². The van der Waals surface area contributed by atoms with Crippen molar-refractivity contribution in [1.82, 2.24) is 10.4 Å². The van der Waals surface area contributed by atoms with Crippen LogP contribution in [-0.4, -0.2) is 16.9 Å².